The average Bonchev–Trinajstić information content (AvgIpc) is 3.24. The molecule has 1 aromatic rings. The van der Waals surface area contributed by atoms with Crippen LogP contribution in [0.15, 0.2) is 36.1 Å². The molecule has 2 fully saturated rings. The van der Waals surface area contributed by atoms with Crippen LogP contribution in [0.3, 0.4) is 0 Å². The molecule has 5 amide bonds. The highest BCUT2D eigenvalue weighted by atomic mass is 32.2. The molecule has 436 valence electrons. The van der Waals surface area contributed by atoms with Crippen LogP contribution < -0.4 is 26.0 Å². The molecule has 8 N–H and O–H groups in total. The van der Waals surface area contributed by atoms with E-state index in [0.29, 0.717) is 5.56 Å². The summed E-state index contributed by atoms with van der Waals surface area (Å²) in [5.74, 6) is -2.09. The van der Waals surface area contributed by atoms with Gasteiger partial charge in [-0.2, -0.15) is 0 Å². The number of hydrogen-bond acceptors (Lipinski definition) is 20. The van der Waals surface area contributed by atoms with Crippen molar-refractivity contribution in [3.8, 4) is 0 Å². The number of sulfonamides is 1. The highest BCUT2D eigenvalue weighted by molar-refractivity contribution is 7.89. The Morgan fingerprint density at radius 2 is 1.34 bits per heavy atom. The Bertz CT molecular complexity index is 2380. The van der Waals surface area contributed by atoms with Gasteiger partial charge in [-0.05, 0) is 127 Å². The van der Waals surface area contributed by atoms with Gasteiger partial charge in [0.15, 0.2) is 6.29 Å². The molecule has 1 aromatic carbocycles. The number of alkyl carbamates (subject to hydrolysis) is 4. The number of nitro benzene ring substituents is 1. The third kappa shape index (κ3) is 20.2. The minimum Gasteiger partial charge on any atom is -0.491 e. The van der Waals surface area contributed by atoms with Crippen LogP contribution in [0, 0.1) is 16.0 Å². The van der Waals surface area contributed by atoms with Crippen LogP contribution in [0.1, 0.15) is 108 Å². The molecule has 4 rings (SSSR count). The molecule has 2 heterocycles. The maximum atomic E-state index is 14.0. The molecule has 1 aliphatic carbocycles. The Morgan fingerprint density at radius 1 is 0.792 bits per heavy atom. The van der Waals surface area contributed by atoms with Gasteiger partial charge in [-0.3, -0.25) is 10.1 Å². The maximum absolute atomic E-state index is 14.0. The van der Waals surface area contributed by atoms with Gasteiger partial charge in [0.05, 0.1) is 48.1 Å². The molecule has 77 heavy (non-hydrogen) atoms. The topological polar surface area (TPSA) is 361 Å². The van der Waals surface area contributed by atoms with Gasteiger partial charge in [0.1, 0.15) is 58.7 Å². The van der Waals surface area contributed by atoms with Crippen molar-refractivity contribution in [2.75, 3.05) is 32.5 Å². The van der Waals surface area contributed by atoms with Gasteiger partial charge in [0.25, 0.3) is 5.69 Å². The van der Waals surface area contributed by atoms with Crippen molar-refractivity contribution in [3.63, 3.8) is 0 Å². The number of hydrogen-bond donors (Lipinski definition) is 8. The molecule has 28 heteroatoms. The van der Waals surface area contributed by atoms with Crippen LogP contribution in [0.25, 0.3) is 0 Å². The Morgan fingerprint density at radius 3 is 1.88 bits per heavy atom. The summed E-state index contributed by atoms with van der Waals surface area (Å²) in [6.07, 6.45) is -12.5. The van der Waals surface area contributed by atoms with Crippen molar-refractivity contribution < 1.29 is 90.5 Å². The lowest BCUT2D eigenvalue weighted by molar-refractivity contribution is -0.384. The van der Waals surface area contributed by atoms with Crippen molar-refractivity contribution in [2.24, 2.45) is 5.92 Å². The number of aliphatic hydroxyl groups is 3. The first-order valence-electron chi connectivity index (χ1n) is 25.0. The van der Waals surface area contributed by atoms with Gasteiger partial charge in [-0.15, -0.1) is 0 Å². The standard InChI is InChI=1S/C49H79N7O20S/c1-45(2,3)73-41(60)50-21-22-77(67,68)54-32-23-31(53-43(62)75-47(7,8)9)33(34(57)37(32)72-39-35(58)38(49(13,64)26-70-39)55(14)44(63)76-48(10,11)12)36-30(52-42(61)74-46(4,5)6)20-19-29(71-36)24-51-40(59)69-25-27-15-17-28(18-16-27)56(65)66/h15-19,30-39,54,57-58,64H,20-26H2,1-14H3,(H,50,60)(H,51,59)(H,52,61)(H,53,62)/t30-,31+,32-,33-,34+,35-,36?,37+,38-,39-,49+/m1/s1. The van der Waals surface area contributed by atoms with Crippen molar-refractivity contribution in [1.29, 1.82) is 0 Å². The summed E-state index contributed by atoms with van der Waals surface area (Å²) in [7, 11) is -3.21. The fourth-order valence-corrected chi connectivity index (χ4v) is 9.81. The van der Waals surface area contributed by atoms with Crippen LogP contribution in [0.4, 0.5) is 29.7 Å². The number of carbonyl (C=O) groups is 5. The van der Waals surface area contributed by atoms with Crippen molar-refractivity contribution >= 4 is 46.2 Å². The lowest BCUT2D eigenvalue weighted by atomic mass is 9.72. The molecule has 11 atom stereocenters. The van der Waals surface area contributed by atoms with E-state index in [2.05, 4.69) is 26.0 Å². The van der Waals surface area contributed by atoms with E-state index in [4.69, 9.17) is 37.9 Å². The smallest absolute Gasteiger partial charge is 0.410 e. The number of nitro groups is 1. The van der Waals surface area contributed by atoms with Crippen LogP contribution in [-0.4, -0.2) is 179 Å². The summed E-state index contributed by atoms with van der Waals surface area (Å²) in [5.41, 5.74) is -5.62. The van der Waals surface area contributed by atoms with Gasteiger partial charge in [-0.25, -0.2) is 37.1 Å². The number of rotatable bonds is 16. The first kappa shape index (κ1) is 63.8. The van der Waals surface area contributed by atoms with E-state index in [1.165, 1.54) is 44.3 Å². The van der Waals surface area contributed by atoms with E-state index in [9.17, 15) is 57.8 Å². The minimum absolute atomic E-state index is 0.0500. The molecule has 0 spiro atoms. The van der Waals surface area contributed by atoms with Crippen LogP contribution in [-0.2, 0) is 54.5 Å². The second kappa shape index (κ2) is 25.3. The van der Waals surface area contributed by atoms with Crippen LogP contribution in [0.2, 0.25) is 0 Å². The number of nitrogens with one attached hydrogen (secondary N) is 5. The lowest BCUT2D eigenvalue weighted by Gasteiger charge is -2.52. The number of non-ortho nitro benzene ring substituents is 1. The maximum Gasteiger partial charge on any atom is 0.410 e. The number of carbonyl (C=O) groups excluding carboxylic acids is 5. The predicted molar refractivity (Wildman–Crippen MR) is 273 cm³/mol. The highest BCUT2D eigenvalue weighted by Crippen LogP contribution is 2.39. The quantitative estimate of drug-likeness (QED) is 0.0666. The third-order valence-electron chi connectivity index (χ3n) is 11.6. The van der Waals surface area contributed by atoms with Gasteiger partial charge < -0.3 is 79.4 Å². The highest BCUT2D eigenvalue weighted by Gasteiger charge is 2.57. The van der Waals surface area contributed by atoms with Gasteiger partial charge >= 0.3 is 30.5 Å². The molecular formula is C49H79N7O20S. The molecule has 0 aromatic heterocycles. The normalized spacial score (nSPS) is 27.1. The third-order valence-corrected chi connectivity index (χ3v) is 13.0. The van der Waals surface area contributed by atoms with E-state index >= 15 is 0 Å². The minimum atomic E-state index is -4.48. The average molecular weight is 1120 g/mol. The largest absolute Gasteiger partial charge is 0.491 e. The van der Waals surface area contributed by atoms with E-state index in [0.717, 1.165) is 4.90 Å². The van der Waals surface area contributed by atoms with Crippen molar-refractivity contribution in [3.05, 3.63) is 51.8 Å². The number of aliphatic hydroxyl groups excluding tert-OH is 2. The Kier molecular flexibility index (Phi) is 21.0. The second-order valence-electron chi connectivity index (χ2n) is 23.3. The molecule has 0 bridgehead atoms. The Balaban J connectivity index is 1.79. The first-order chi connectivity index (χ1) is 35.2. The number of amides is 5. The zero-order chi connectivity index (χ0) is 58.2. The van der Waals surface area contributed by atoms with Gasteiger partial charge in [0.2, 0.25) is 10.0 Å². The fourth-order valence-electron chi connectivity index (χ4n) is 8.63. The van der Waals surface area contributed by atoms with Gasteiger partial charge in [-0.1, -0.05) is 0 Å². The summed E-state index contributed by atoms with van der Waals surface area (Å²) < 4.78 is 76.7. The van der Waals surface area contributed by atoms with E-state index in [1.54, 1.807) is 83.1 Å². The second-order valence-corrected chi connectivity index (χ2v) is 25.2. The van der Waals surface area contributed by atoms with Crippen molar-refractivity contribution in [2.45, 2.75) is 192 Å². The van der Waals surface area contributed by atoms with E-state index in [-0.39, 0.29) is 31.0 Å². The molecule has 1 saturated carbocycles. The zero-order valence-corrected chi connectivity index (χ0v) is 47.0. The van der Waals surface area contributed by atoms with E-state index in [1.807, 2.05) is 0 Å². The monoisotopic (exact) mass is 1120 g/mol. The number of benzene rings is 1. The number of ether oxygens (including phenoxy) is 8. The molecule has 1 saturated heterocycles. The Hall–Kier alpha value is -5.78. The van der Waals surface area contributed by atoms with E-state index < -0.39 is 160 Å². The predicted octanol–water partition coefficient (Wildman–Crippen LogP) is 3.56. The summed E-state index contributed by atoms with van der Waals surface area (Å²) >= 11 is 0. The zero-order valence-electron chi connectivity index (χ0n) is 46.2. The molecule has 0 radical (unpaired) electrons. The molecule has 1 unspecified atom stereocenters. The lowest BCUT2D eigenvalue weighted by Crippen LogP contribution is -2.71. The Labute approximate surface area is 448 Å². The number of likely N-dealkylation sites (N-methyl/N-ethyl adjacent to an activating group) is 1. The molecule has 2 aliphatic heterocycles. The molecular weight excluding hydrogens is 1040 g/mol. The van der Waals surface area contributed by atoms with Crippen LogP contribution in [0.5, 0.6) is 0 Å². The summed E-state index contributed by atoms with van der Waals surface area (Å²) in [6, 6.07) is -0.121. The van der Waals surface area contributed by atoms with Crippen LogP contribution >= 0.6 is 0 Å². The molecule has 3 aliphatic rings. The number of nitrogens with zero attached hydrogens (tertiary/aromatic N) is 2. The summed E-state index contributed by atoms with van der Waals surface area (Å²) in [5, 5.41) is 58.0. The fraction of sp³-hybridized carbons (Fsp3) is 0.735. The SMILES string of the molecule is CN(C(=O)OC(C)(C)C)[C@@H]1[C@@H](O)[C@@H](O[C@@H]2[C@@H](O)[C@H](C3OC(CNC(=O)OCc4ccc([N+](=O)[O-])cc4)=CC[C@H]3NC(=O)OC(C)(C)C)[C@@H](NC(=O)OC(C)(C)C)C[C@H]2NS(=O)(=O)CCNC(=O)OC(C)(C)C)OC[C@]1(C)O. The van der Waals surface area contributed by atoms with Gasteiger partial charge in [0, 0.05) is 37.7 Å². The molecule has 27 nitrogen and oxygen atoms in total. The van der Waals surface area contributed by atoms with Crippen molar-refractivity contribution in [1.82, 2.24) is 30.9 Å². The first-order valence-corrected chi connectivity index (χ1v) is 26.7. The summed E-state index contributed by atoms with van der Waals surface area (Å²) in [6.45, 7) is 19.1. The summed E-state index contributed by atoms with van der Waals surface area (Å²) in [4.78, 5) is 77.6.